The van der Waals surface area contributed by atoms with Crippen LogP contribution in [-0.4, -0.2) is 46.5 Å². The number of aromatic nitrogens is 2. The standard InChI is InChI=1S/C19H30N4O2/c1-13-18(14(2)22-21-13)19(25)20-11-16-9-10-23(12-16)17(24)8-7-15-5-3-4-6-15/h15-16H,3-12H2,1-2H3,(H,20,25)(H,21,22). The highest BCUT2D eigenvalue weighted by Gasteiger charge is 2.27. The predicted molar refractivity (Wildman–Crippen MR) is 96.3 cm³/mol. The highest BCUT2D eigenvalue weighted by atomic mass is 16.2. The Labute approximate surface area is 149 Å². The number of carbonyl (C=O) groups is 2. The number of nitrogens with zero attached hydrogens (tertiary/aromatic N) is 2. The molecule has 1 aliphatic carbocycles. The lowest BCUT2D eigenvalue weighted by atomic mass is 10.0. The van der Waals surface area contributed by atoms with Crippen molar-refractivity contribution in [1.29, 1.82) is 0 Å². The molecule has 2 amide bonds. The third-order valence-electron chi connectivity index (χ3n) is 5.79. The topological polar surface area (TPSA) is 78.1 Å². The molecule has 0 spiro atoms. The summed E-state index contributed by atoms with van der Waals surface area (Å²) in [4.78, 5) is 26.7. The van der Waals surface area contributed by atoms with Crippen LogP contribution in [-0.2, 0) is 4.79 Å². The zero-order valence-corrected chi connectivity index (χ0v) is 15.4. The van der Waals surface area contributed by atoms with Crippen LogP contribution in [0.3, 0.4) is 0 Å². The fraction of sp³-hybridized carbons (Fsp3) is 0.737. The molecule has 1 aromatic rings. The molecule has 1 aromatic heterocycles. The Bertz CT molecular complexity index is 599. The molecule has 2 N–H and O–H groups in total. The Balaban J connectivity index is 1.40. The van der Waals surface area contributed by atoms with Crippen molar-refractivity contribution in [3.05, 3.63) is 17.0 Å². The molecular formula is C19H30N4O2. The number of hydrogen-bond donors (Lipinski definition) is 2. The van der Waals surface area contributed by atoms with E-state index in [1.807, 2.05) is 18.7 Å². The number of H-pyrrole nitrogens is 1. The lowest BCUT2D eigenvalue weighted by Gasteiger charge is -2.18. The minimum Gasteiger partial charge on any atom is -0.352 e. The second kappa shape index (κ2) is 8.02. The van der Waals surface area contributed by atoms with Crippen molar-refractivity contribution in [2.24, 2.45) is 11.8 Å². The molecule has 6 nitrogen and oxygen atoms in total. The van der Waals surface area contributed by atoms with Crippen LogP contribution in [0.2, 0.25) is 0 Å². The average molecular weight is 346 g/mol. The number of aromatic amines is 1. The molecule has 138 valence electrons. The summed E-state index contributed by atoms with van der Waals surface area (Å²) < 4.78 is 0. The van der Waals surface area contributed by atoms with Gasteiger partial charge in [0.25, 0.3) is 5.91 Å². The van der Waals surface area contributed by atoms with Crippen LogP contribution in [0.25, 0.3) is 0 Å². The molecule has 1 unspecified atom stereocenters. The summed E-state index contributed by atoms with van der Waals surface area (Å²) in [6.07, 6.45) is 7.98. The van der Waals surface area contributed by atoms with E-state index in [1.165, 1.54) is 25.7 Å². The molecule has 6 heteroatoms. The van der Waals surface area contributed by atoms with Crippen LogP contribution in [0, 0.1) is 25.7 Å². The van der Waals surface area contributed by atoms with Crippen LogP contribution in [0.4, 0.5) is 0 Å². The van der Waals surface area contributed by atoms with Gasteiger partial charge < -0.3 is 10.2 Å². The van der Waals surface area contributed by atoms with E-state index >= 15 is 0 Å². The van der Waals surface area contributed by atoms with Gasteiger partial charge in [0, 0.05) is 31.7 Å². The van der Waals surface area contributed by atoms with Crippen molar-refractivity contribution in [2.45, 2.75) is 58.8 Å². The Kier molecular flexibility index (Phi) is 5.76. The highest BCUT2D eigenvalue weighted by molar-refractivity contribution is 5.96. The fourth-order valence-corrected chi connectivity index (χ4v) is 4.22. The maximum atomic E-state index is 12.4. The molecule has 1 aliphatic heterocycles. The van der Waals surface area contributed by atoms with Gasteiger partial charge in [-0.1, -0.05) is 25.7 Å². The van der Waals surface area contributed by atoms with Gasteiger partial charge in [-0.05, 0) is 38.5 Å². The van der Waals surface area contributed by atoms with Crippen molar-refractivity contribution in [3.8, 4) is 0 Å². The Hall–Kier alpha value is -1.85. The summed E-state index contributed by atoms with van der Waals surface area (Å²) in [6, 6.07) is 0. The number of likely N-dealkylation sites (tertiary alicyclic amines) is 1. The highest BCUT2D eigenvalue weighted by Crippen LogP contribution is 2.29. The summed E-state index contributed by atoms with van der Waals surface area (Å²) in [5.41, 5.74) is 2.16. The quantitative estimate of drug-likeness (QED) is 0.831. The van der Waals surface area contributed by atoms with Gasteiger partial charge in [0.1, 0.15) is 0 Å². The second-order valence-electron chi connectivity index (χ2n) is 7.70. The number of nitrogens with one attached hydrogen (secondary N) is 2. The van der Waals surface area contributed by atoms with E-state index in [0.717, 1.165) is 43.2 Å². The van der Waals surface area contributed by atoms with Crippen molar-refractivity contribution >= 4 is 11.8 Å². The molecule has 1 saturated heterocycles. The second-order valence-corrected chi connectivity index (χ2v) is 7.70. The minimum atomic E-state index is -0.0743. The molecule has 3 rings (SSSR count). The predicted octanol–water partition coefficient (Wildman–Crippen LogP) is 2.58. The molecule has 0 bridgehead atoms. The van der Waals surface area contributed by atoms with Gasteiger partial charge in [-0.2, -0.15) is 5.10 Å². The summed E-state index contributed by atoms with van der Waals surface area (Å²) in [5, 5.41) is 9.92. The van der Waals surface area contributed by atoms with Gasteiger partial charge in [0.2, 0.25) is 5.91 Å². The zero-order valence-electron chi connectivity index (χ0n) is 15.4. The largest absolute Gasteiger partial charge is 0.352 e. The van der Waals surface area contributed by atoms with Crippen molar-refractivity contribution in [1.82, 2.24) is 20.4 Å². The number of rotatable bonds is 6. The molecule has 2 aliphatic rings. The summed E-state index contributed by atoms with van der Waals surface area (Å²) in [7, 11) is 0. The minimum absolute atomic E-state index is 0.0743. The number of carbonyl (C=O) groups excluding carboxylic acids is 2. The van der Waals surface area contributed by atoms with Crippen LogP contribution in [0.1, 0.15) is 66.7 Å². The summed E-state index contributed by atoms with van der Waals surface area (Å²) in [5.74, 6) is 1.34. The van der Waals surface area contributed by atoms with Gasteiger partial charge in [-0.3, -0.25) is 14.7 Å². The summed E-state index contributed by atoms with van der Waals surface area (Å²) in [6.45, 7) is 5.91. The van der Waals surface area contributed by atoms with E-state index in [4.69, 9.17) is 0 Å². The maximum Gasteiger partial charge on any atom is 0.255 e. The normalized spacial score (nSPS) is 21.0. The van der Waals surface area contributed by atoms with Gasteiger partial charge in [0.15, 0.2) is 0 Å². The third kappa shape index (κ3) is 4.41. The Morgan fingerprint density at radius 1 is 1.20 bits per heavy atom. The SMILES string of the molecule is Cc1n[nH]c(C)c1C(=O)NCC1CCN(C(=O)CCC2CCCC2)C1. The van der Waals surface area contributed by atoms with Crippen molar-refractivity contribution in [3.63, 3.8) is 0 Å². The molecule has 2 heterocycles. The van der Waals surface area contributed by atoms with E-state index in [2.05, 4.69) is 15.5 Å². The molecule has 1 saturated carbocycles. The van der Waals surface area contributed by atoms with Crippen molar-refractivity contribution in [2.75, 3.05) is 19.6 Å². The maximum absolute atomic E-state index is 12.4. The zero-order chi connectivity index (χ0) is 17.8. The summed E-state index contributed by atoms with van der Waals surface area (Å²) >= 11 is 0. The Morgan fingerprint density at radius 2 is 1.96 bits per heavy atom. The fourth-order valence-electron chi connectivity index (χ4n) is 4.22. The van der Waals surface area contributed by atoms with Gasteiger partial charge >= 0.3 is 0 Å². The number of amides is 2. The van der Waals surface area contributed by atoms with E-state index in [9.17, 15) is 9.59 Å². The van der Waals surface area contributed by atoms with E-state index < -0.39 is 0 Å². The molecule has 0 radical (unpaired) electrons. The molecule has 2 fully saturated rings. The molecule has 25 heavy (non-hydrogen) atoms. The van der Waals surface area contributed by atoms with E-state index in [1.54, 1.807) is 0 Å². The third-order valence-corrected chi connectivity index (χ3v) is 5.79. The van der Waals surface area contributed by atoms with Crippen LogP contribution in [0.5, 0.6) is 0 Å². The van der Waals surface area contributed by atoms with Crippen LogP contribution >= 0.6 is 0 Å². The van der Waals surface area contributed by atoms with Gasteiger partial charge in [0.05, 0.1) is 11.3 Å². The first kappa shape index (κ1) is 18.0. The Morgan fingerprint density at radius 3 is 2.64 bits per heavy atom. The first-order valence-corrected chi connectivity index (χ1v) is 9.62. The lowest BCUT2D eigenvalue weighted by molar-refractivity contribution is -0.130. The number of aryl methyl sites for hydroxylation is 2. The smallest absolute Gasteiger partial charge is 0.255 e. The number of hydrogen-bond acceptors (Lipinski definition) is 3. The molecular weight excluding hydrogens is 316 g/mol. The van der Waals surface area contributed by atoms with E-state index in [-0.39, 0.29) is 5.91 Å². The van der Waals surface area contributed by atoms with Gasteiger partial charge in [-0.15, -0.1) is 0 Å². The van der Waals surface area contributed by atoms with Crippen molar-refractivity contribution < 1.29 is 9.59 Å². The van der Waals surface area contributed by atoms with E-state index in [0.29, 0.717) is 30.4 Å². The van der Waals surface area contributed by atoms with Gasteiger partial charge in [-0.25, -0.2) is 0 Å². The van der Waals surface area contributed by atoms with Crippen LogP contribution in [0.15, 0.2) is 0 Å². The monoisotopic (exact) mass is 346 g/mol. The first-order chi connectivity index (χ1) is 12.0. The lowest BCUT2D eigenvalue weighted by Crippen LogP contribution is -2.33. The molecule has 0 aromatic carbocycles. The van der Waals surface area contributed by atoms with Crippen LogP contribution < -0.4 is 5.32 Å². The first-order valence-electron chi connectivity index (χ1n) is 9.62. The molecule has 1 atom stereocenters. The average Bonchev–Trinajstić information content (AvgIpc) is 3.32.